The molecule has 0 spiro atoms. The van der Waals surface area contributed by atoms with Crippen LogP contribution in [0.4, 0.5) is 0 Å². The zero-order chi connectivity index (χ0) is 15.2. The van der Waals surface area contributed by atoms with E-state index in [4.69, 9.17) is 0 Å². The molecule has 1 heterocycles. The predicted octanol–water partition coefficient (Wildman–Crippen LogP) is 1.13. The Morgan fingerprint density at radius 3 is 2.71 bits per heavy atom. The number of nitrogens with zero attached hydrogens (tertiary/aromatic N) is 4. The monoisotopic (exact) mass is 292 g/mol. The van der Waals surface area contributed by atoms with E-state index in [9.17, 15) is 0 Å². The minimum absolute atomic E-state index is 0.279. The Morgan fingerprint density at radius 1 is 1.48 bits per heavy atom. The van der Waals surface area contributed by atoms with E-state index in [1.807, 2.05) is 25.0 Å². The van der Waals surface area contributed by atoms with Crippen LogP contribution in [0, 0.1) is 0 Å². The van der Waals surface area contributed by atoms with Crippen molar-refractivity contribution in [1.82, 2.24) is 25.3 Å². The lowest BCUT2D eigenvalue weighted by Crippen LogP contribution is -2.45. The van der Waals surface area contributed by atoms with E-state index in [0.29, 0.717) is 6.04 Å². The Morgan fingerprint density at radius 2 is 2.19 bits per heavy atom. The standard InChI is InChI=1S/C15H28N6/c1-16-15(19-13-7-5-6-8-13)17-10-14(20(2)3)12-9-18-21(4)11-12/h9,11,13-14H,5-8,10H2,1-4H3,(H2,16,17,19). The van der Waals surface area contributed by atoms with E-state index in [0.717, 1.165) is 12.5 Å². The molecule has 1 aromatic rings. The molecule has 1 fully saturated rings. The second kappa shape index (κ2) is 7.45. The normalized spacial score (nSPS) is 18.2. The van der Waals surface area contributed by atoms with Gasteiger partial charge in [-0.15, -0.1) is 0 Å². The van der Waals surface area contributed by atoms with Crippen molar-refractivity contribution in [2.24, 2.45) is 12.0 Å². The number of guanidine groups is 1. The van der Waals surface area contributed by atoms with Gasteiger partial charge in [0.25, 0.3) is 0 Å². The van der Waals surface area contributed by atoms with Gasteiger partial charge in [0, 0.05) is 38.4 Å². The lowest BCUT2D eigenvalue weighted by Gasteiger charge is -2.25. The Balaban J connectivity index is 1.91. The summed E-state index contributed by atoms with van der Waals surface area (Å²) in [5, 5.41) is 11.2. The Labute approximate surface area is 127 Å². The smallest absolute Gasteiger partial charge is 0.191 e. The number of aryl methyl sites for hydroxylation is 1. The number of likely N-dealkylation sites (N-methyl/N-ethyl adjacent to an activating group) is 1. The van der Waals surface area contributed by atoms with Crippen LogP contribution in [0.25, 0.3) is 0 Å². The molecule has 0 radical (unpaired) electrons. The molecule has 0 bridgehead atoms. The summed E-state index contributed by atoms with van der Waals surface area (Å²) in [5.74, 6) is 0.901. The molecule has 2 rings (SSSR count). The summed E-state index contributed by atoms with van der Waals surface area (Å²) in [5.41, 5.74) is 1.21. The molecule has 21 heavy (non-hydrogen) atoms. The van der Waals surface area contributed by atoms with Gasteiger partial charge in [0.05, 0.1) is 12.2 Å². The molecule has 118 valence electrons. The van der Waals surface area contributed by atoms with Gasteiger partial charge in [-0.05, 0) is 26.9 Å². The van der Waals surface area contributed by atoms with Crippen LogP contribution in [0.2, 0.25) is 0 Å². The molecule has 0 saturated heterocycles. The average molecular weight is 292 g/mol. The molecule has 0 aliphatic heterocycles. The van der Waals surface area contributed by atoms with Crippen LogP contribution < -0.4 is 10.6 Å². The first-order chi connectivity index (χ1) is 10.1. The third kappa shape index (κ3) is 4.46. The fraction of sp³-hybridized carbons (Fsp3) is 0.733. The summed E-state index contributed by atoms with van der Waals surface area (Å²) in [4.78, 5) is 6.54. The van der Waals surface area contributed by atoms with Gasteiger partial charge in [-0.1, -0.05) is 12.8 Å². The van der Waals surface area contributed by atoms with Crippen molar-refractivity contribution in [3.8, 4) is 0 Å². The van der Waals surface area contributed by atoms with Crippen molar-refractivity contribution in [3.05, 3.63) is 18.0 Å². The van der Waals surface area contributed by atoms with Gasteiger partial charge < -0.3 is 15.5 Å². The average Bonchev–Trinajstić information content (AvgIpc) is 3.09. The molecule has 1 unspecified atom stereocenters. The summed E-state index contributed by atoms with van der Waals surface area (Å²) in [7, 11) is 7.96. The molecule has 1 aliphatic rings. The number of aromatic nitrogens is 2. The maximum atomic E-state index is 4.34. The summed E-state index contributed by atoms with van der Waals surface area (Å²) in [6.45, 7) is 0.811. The van der Waals surface area contributed by atoms with Crippen LogP contribution in [0.3, 0.4) is 0 Å². The molecule has 1 aliphatic carbocycles. The van der Waals surface area contributed by atoms with Gasteiger partial charge in [0.15, 0.2) is 5.96 Å². The Bertz CT molecular complexity index is 458. The number of nitrogens with one attached hydrogen (secondary N) is 2. The van der Waals surface area contributed by atoms with Crippen LogP contribution >= 0.6 is 0 Å². The molecule has 1 aromatic heterocycles. The summed E-state index contributed by atoms with van der Waals surface area (Å²) < 4.78 is 1.84. The van der Waals surface area contributed by atoms with E-state index in [-0.39, 0.29) is 6.04 Å². The highest BCUT2D eigenvalue weighted by molar-refractivity contribution is 5.80. The molecule has 6 nitrogen and oxygen atoms in total. The van der Waals surface area contributed by atoms with Crippen LogP contribution in [-0.2, 0) is 7.05 Å². The minimum Gasteiger partial charge on any atom is -0.354 e. The first-order valence-corrected chi connectivity index (χ1v) is 7.72. The molecule has 6 heteroatoms. The van der Waals surface area contributed by atoms with Crippen molar-refractivity contribution in [2.45, 2.75) is 37.8 Å². The maximum Gasteiger partial charge on any atom is 0.191 e. The largest absolute Gasteiger partial charge is 0.354 e. The van der Waals surface area contributed by atoms with Gasteiger partial charge in [-0.25, -0.2) is 0 Å². The molecular formula is C15H28N6. The quantitative estimate of drug-likeness (QED) is 0.631. The van der Waals surface area contributed by atoms with Crippen molar-refractivity contribution in [1.29, 1.82) is 0 Å². The third-order valence-electron chi connectivity index (χ3n) is 4.12. The SMILES string of the molecule is CN=C(NCC(c1cnn(C)c1)N(C)C)NC1CCCC1. The highest BCUT2D eigenvalue weighted by atomic mass is 15.3. The van der Waals surface area contributed by atoms with Gasteiger partial charge in [-0.3, -0.25) is 9.67 Å². The fourth-order valence-corrected chi connectivity index (χ4v) is 2.86. The number of aliphatic imine (C=N–C) groups is 1. The molecule has 2 N–H and O–H groups in total. The molecule has 0 amide bonds. The Hall–Kier alpha value is -1.56. The van der Waals surface area contributed by atoms with Gasteiger partial charge >= 0.3 is 0 Å². The number of hydrogen-bond acceptors (Lipinski definition) is 3. The van der Waals surface area contributed by atoms with Crippen LogP contribution in [0.1, 0.15) is 37.3 Å². The zero-order valence-corrected chi connectivity index (χ0v) is 13.6. The number of hydrogen-bond donors (Lipinski definition) is 2. The van der Waals surface area contributed by atoms with Crippen molar-refractivity contribution >= 4 is 5.96 Å². The minimum atomic E-state index is 0.279. The maximum absolute atomic E-state index is 4.34. The van der Waals surface area contributed by atoms with Crippen molar-refractivity contribution < 1.29 is 0 Å². The predicted molar refractivity (Wildman–Crippen MR) is 86.4 cm³/mol. The second-order valence-corrected chi connectivity index (χ2v) is 6.01. The van der Waals surface area contributed by atoms with Gasteiger partial charge in [0.1, 0.15) is 0 Å². The summed E-state index contributed by atoms with van der Waals surface area (Å²) >= 11 is 0. The molecular weight excluding hydrogens is 264 g/mol. The van der Waals surface area contributed by atoms with Gasteiger partial charge in [-0.2, -0.15) is 5.10 Å². The van der Waals surface area contributed by atoms with Crippen molar-refractivity contribution in [2.75, 3.05) is 27.7 Å². The first-order valence-electron chi connectivity index (χ1n) is 7.72. The van der Waals surface area contributed by atoms with Crippen LogP contribution in [0.15, 0.2) is 17.4 Å². The van der Waals surface area contributed by atoms with Gasteiger partial charge in [0.2, 0.25) is 0 Å². The number of rotatable bonds is 5. The fourth-order valence-electron chi connectivity index (χ4n) is 2.86. The molecule has 1 atom stereocenters. The van der Waals surface area contributed by atoms with E-state index >= 15 is 0 Å². The highest BCUT2D eigenvalue weighted by Crippen LogP contribution is 2.18. The van der Waals surface area contributed by atoms with E-state index < -0.39 is 0 Å². The van der Waals surface area contributed by atoms with E-state index in [2.05, 4.69) is 45.9 Å². The highest BCUT2D eigenvalue weighted by Gasteiger charge is 2.19. The van der Waals surface area contributed by atoms with Crippen molar-refractivity contribution in [3.63, 3.8) is 0 Å². The lowest BCUT2D eigenvalue weighted by molar-refractivity contribution is 0.298. The third-order valence-corrected chi connectivity index (χ3v) is 4.12. The van der Waals surface area contributed by atoms with E-state index in [1.54, 1.807) is 0 Å². The van der Waals surface area contributed by atoms with Crippen LogP contribution in [-0.4, -0.2) is 54.4 Å². The first kappa shape index (κ1) is 15.8. The Kier molecular flexibility index (Phi) is 5.61. The topological polar surface area (TPSA) is 57.5 Å². The van der Waals surface area contributed by atoms with Crippen LogP contribution in [0.5, 0.6) is 0 Å². The second-order valence-electron chi connectivity index (χ2n) is 6.01. The summed E-state index contributed by atoms with van der Waals surface area (Å²) in [6, 6.07) is 0.855. The molecule has 0 aromatic carbocycles. The summed E-state index contributed by atoms with van der Waals surface area (Å²) in [6.07, 6.45) is 9.15. The van der Waals surface area contributed by atoms with E-state index in [1.165, 1.54) is 31.2 Å². The zero-order valence-electron chi connectivity index (χ0n) is 13.6. The molecule has 1 saturated carbocycles. The lowest BCUT2D eigenvalue weighted by atomic mass is 10.1.